The third-order valence-electron chi connectivity index (χ3n) is 6.89. The minimum absolute atomic E-state index is 0.0582. The molecule has 196 valence electrons. The number of alkyl halides is 1. The SMILES string of the molecule is CC(=O)N[C@@H](Cc1cc(F)cc(F)c1)[C@@H](O)CN[C@H]1CC2(CCC2)Oc2ncc(CC(C)(C)F)cc21. The zero-order valence-corrected chi connectivity index (χ0v) is 20.9. The molecule has 3 N–H and O–H groups in total. The number of nitrogens with one attached hydrogen (secondary N) is 2. The molecule has 0 radical (unpaired) electrons. The fourth-order valence-electron chi connectivity index (χ4n) is 5.15. The Morgan fingerprint density at radius 3 is 2.50 bits per heavy atom. The third kappa shape index (κ3) is 6.56. The van der Waals surface area contributed by atoms with E-state index in [1.165, 1.54) is 32.9 Å². The maximum atomic E-state index is 14.3. The van der Waals surface area contributed by atoms with Gasteiger partial charge in [-0.25, -0.2) is 18.2 Å². The first-order valence-corrected chi connectivity index (χ1v) is 12.4. The topological polar surface area (TPSA) is 83.5 Å². The lowest BCUT2D eigenvalue weighted by Crippen LogP contribution is -2.52. The molecule has 4 rings (SSSR count). The van der Waals surface area contributed by atoms with Crippen LogP contribution in [0.1, 0.15) is 69.2 Å². The van der Waals surface area contributed by atoms with Crippen LogP contribution in [0.5, 0.6) is 5.88 Å². The molecule has 3 atom stereocenters. The number of halogens is 3. The Bertz CT molecular complexity index is 1080. The summed E-state index contributed by atoms with van der Waals surface area (Å²) in [6.45, 7) is 4.48. The summed E-state index contributed by atoms with van der Waals surface area (Å²) in [4.78, 5) is 16.3. The zero-order valence-electron chi connectivity index (χ0n) is 20.9. The standard InChI is InChI=1S/C27H34F3N3O3/c1-16(34)33-22(10-17-7-19(28)11-20(29)8-17)24(35)15-31-23-13-27(5-4-6-27)36-25-21(23)9-18(14-32-25)12-26(2,3)30/h7-9,11,14,22-24,31,35H,4-6,10,12-13,15H2,1-3H3,(H,33,34)/t22-,23-,24-/m0/s1. The van der Waals surface area contributed by atoms with E-state index < -0.39 is 29.4 Å². The number of hydrogen-bond acceptors (Lipinski definition) is 5. The van der Waals surface area contributed by atoms with Crippen molar-refractivity contribution in [1.29, 1.82) is 0 Å². The van der Waals surface area contributed by atoms with E-state index in [0.29, 0.717) is 17.9 Å². The second kappa shape index (κ2) is 10.4. The van der Waals surface area contributed by atoms with Crippen LogP contribution in [0.2, 0.25) is 0 Å². The molecule has 0 saturated heterocycles. The molecule has 1 aliphatic carbocycles. The van der Waals surface area contributed by atoms with Crippen LogP contribution in [0.3, 0.4) is 0 Å². The Kier molecular flexibility index (Phi) is 7.61. The molecule has 6 nitrogen and oxygen atoms in total. The zero-order chi connectivity index (χ0) is 26.1. The van der Waals surface area contributed by atoms with Crippen LogP contribution in [0.15, 0.2) is 30.5 Å². The number of ether oxygens (including phenoxy) is 1. The van der Waals surface area contributed by atoms with Crippen molar-refractivity contribution >= 4 is 5.91 Å². The molecule has 1 aliphatic heterocycles. The number of fused-ring (bicyclic) bond motifs is 1. The Morgan fingerprint density at radius 2 is 1.92 bits per heavy atom. The number of rotatable bonds is 9. The van der Waals surface area contributed by atoms with Gasteiger partial charge in [-0.05, 0) is 68.9 Å². The molecule has 0 unspecified atom stereocenters. The first kappa shape index (κ1) is 26.4. The minimum atomic E-state index is -1.39. The number of pyridine rings is 1. The van der Waals surface area contributed by atoms with Gasteiger partial charge in [0.2, 0.25) is 11.8 Å². The lowest BCUT2D eigenvalue weighted by Gasteiger charge is -2.47. The molecule has 2 heterocycles. The van der Waals surface area contributed by atoms with E-state index in [0.717, 1.165) is 36.5 Å². The van der Waals surface area contributed by atoms with Gasteiger partial charge in [0.05, 0.1) is 12.1 Å². The summed E-state index contributed by atoms with van der Waals surface area (Å²) in [6, 6.07) is 4.10. The van der Waals surface area contributed by atoms with Gasteiger partial charge < -0.3 is 20.5 Å². The van der Waals surface area contributed by atoms with Crippen molar-refractivity contribution in [2.75, 3.05) is 6.54 Å². The number of amides is 1. The molecule has 1 aromatic carbocycles. The Labute approximate surface area is 209 Å². The molecule has 1 fully saturated rings. The van der Waals surface area contributed by atoms with Crippen LogP contribution in [0.25, 0.3) is 0 Å². The quantitative estimate of drug-likeness (QED) is 0.478. The first-order chi connectivity index (χ1) is 16.9. The molecule has 1 aromatic heterocycles. The molecule has 2 aliphatic rings. The van der Waals surface area contributed by atoms with Crippen molar-refractivity contribution in [1.82, 2.24) is 15.6 Å². The van der Waals surface area contributed by atoms with E-state index in [4.69, 9.17) is 4.74 Å². The van der Waals surface area contributed by atoms with E-state index in [1.807, 2.05) is 6.07 Å². The van der Waals surface area contributed by atoms with E-state index in [1.54, 1.807) is 6.20 Å². The summed E-state index contributed by atoms with van der Waals surface area (Å²) in [6.07, 6.45) is 4.44. The molecule has 0 bridgehead atoms. The fraction of sp³-hybridized carbons (Fsp3) is 0.556. The van der Waals surface area contributed by atoms with Crippen molar-refractivity contribution < 1.29 is 27.8 Å². The van der Waals surface area contributed by atoms with Crippen molar-refractivity contribution in [3.63, 3.8) is 0 Å². The van der Waals surface area contributed by atoms with Gasteiger partial charge in [0, 0.05) is 50.2 Å². The normalized spacial score (nSPS) is 20.1. The van der Waals surface area contributed by atoms with Crippen LogP contribution in [0.4, 0.5) is 13.2 Å². The summed E-state index contributed by atoms with van der Waals surface area (Å²) < 4.78 is 47.9. The van der Waals surface area contributed by atoms with Crippen LogP contribution in [-0.2, 0) is 17.6 Å². The molecule has 1 amide bonds. The monoisotopic (exact) mass is 505 g/mol. The van der Waals surface area contributed by atoms with E-state index in [2.05, 4.69) is 15.6 Å². The highest BCUT2D eigenvalue weighted by Crippen LogP contribution is 2.48. The molecular weight excluding hydrogens is 471 g/mol. The molecule has 1 spiro atoms. The average Bonchev–Trinajstić information content (AvgIpc) is 2.73. The van der Waals surface area contributed by atoms with Crippen LogP contribution in [0, 0.1) is 11.6 Å². The van der Waals surface area contributed by atoms with E-state index >= 15 is 0 Å². The smallest absolute Gasteiger partial charge is 0.218 e. The number of hydrogen-bond donors (Lipinski definition) is 3. The second-order valence-electron chi connectivity index (χ2n) is 10.8. The van der Waals surface area contributed by atoms with Gasteiger partial charge in [0.25, 0.3) is 0 Å². The number of benzene rings is 1. The van der Waals surface area contributed by atoms with Gasteiger partial charge in [0.1, 0.15) is 22.9 Å². The van der Waals surface area contributed by atoms with Crippen molar-refractivity contribution in [2.45, 2.75) is 88.8 Å². The van der Waals surface area contributed by atoms with Gasteiger partial charge in [-0.2, -0.15) is 0 Å². The molecule has 2 aromatic rings. The minimum Gasteiger partial charge on any atom is -0.471 e. The van der Waals surface area contributed by atoms with E-state index in [9.17, 15) is 23.1 Å². The summed E-state index contributed by atoms with van der Waals surface area (Å²) in [7, 11) is 0. The van der Waals surface area contributed by atoms with Crippen molar-refractivity contribution in [2.24, 2.45) is 0 Å². The Hall–Kier alpha value is -2.65. The predicted molar refractivity (Wildman–Crippen MR) is 129 cm³/mol. The third-order valence-corrected chi connectivity index (χ3v) is 6.89. The highest BCUT2D eigenvalue weighted by atomic mass is 19.1. The number of aromatic nitrogens is 1. The summed E-state index contributed by atoms with van der Waals surface area (Å²) >= 11 is 0. The van der Waals surface area contributed by atoms with Crippen LogP contribution in [-0.4, -0.2) is 46.0 Å². The summed E-state index contributed by atoms with van der Waals surface area (Å²) in [5.41, 5.74) is 0.204. The fourth-order valence-corrected chi connectivity index (χ4v) is 5.15. The lowest BCUT2D eigenvalue weighted by atomic mass is 9.73. The molecular formula is C27H34F3N3O3. The first-order valence-electron chi connectivity index (χ1n) is 12.4. The highest BCUT2D eigenvalue weighted by Gasteiger charge is 2.46. The Balaban J connectivity index is 1.51. The van der Waals surface area contributed by atoms with Gasteiger partial charge in [-0.3, -0.25) is 4.79 Å². The number of aliphatic hydroxyl groups excluding tert-OH is 1. The number of carbonyl (C=O) groups is 1. The molecule has 9 heteroatoms. The molecule has 36 heavy (non-hydrogen) atoms. The van der Waals surface area contributed by atoms with Crippen LogP contribution >= 0.6 is 0 Å². The number of aliphatic hydroxyl groups is 1. The van der Waals surface area contributed by atoms with Crippen molar-refractivity contribution in [3.8, 4) is 5.88 Å². The van der Waals surface area contributed by atoms with Gasteiger partial charge in [-0.1, -0.05) is 0 Å². The maximum absolute atomic E-state index is 14.3. The number of nitrogens with zero attached hydrogens (tertiary/aromatic N) is 1. The van der Waals surface area contributed by atoms with Gasteiger partial charge >= 0.3 is 0 Å². The Morgan fingerprint density at radius 1 is 1.22 bits per heavy atom. The summed E-state index contributed by atoms with van der Waals surface area (Å²) in [5.74, 6) is -1.28. The second-order valence-corrected chi connectivity index (χ2v) is 10.8. The van der Waals surface area contributed by atoms with Crippen molar-refractivity contribution in [3.05, 3.63) is 58.8 Å². The molecule has 1 saturated carbocycles. The largest absolute Gasteiger partial charge is 0.471 e. The average molecular weight is 506 g/mol. The van der Waals surface area contributed by atoms with Gasteiger partial charge in [0.15, 0.2) is 0 Å². The maximum Gasteiger partial charge on any atom is 0.218 e. The highest BCUT2D eigenvalue weighted by molar-refractivity contribution is 5.73. The lowest BCUT2D eigenvalue weighted by molar-refractivity contribution is -0.120. The number of carbonyl (C=O) groups excluding carboxylic acids is 1. The van der Waals surface area contributed by atoms with Crippen LogP contribution < -0.4 is 15.4 Å². The predicted octanol–water partition coefficient (Wildman–Crippen LogP) is 4.09. The summed E-state index contributed by atoms with van der Waals surface area (Å²) in [5, 5.41) is 17.1. The van der Waals surface area contributed by atoms with E-state index in [-0.39, 0.29) is 36.9 Å². The van der Waals surface area contributed by atoms with Gasteiger partial charge in [-0.15, -0.1) is 0 Å².